The monoisotopic (exact) mass is 354 g/mol. The van der Waals surface area contributed by atoms with Gasteiger partial charge >= 0.3 is 5.97 Å². The van der Waals surface area contributed by atoms with Crippen molar-refractivity contribution in [3.8, 4) is 0 Å². The highest BCUT2D eigenvalue weighted by Crippen LogP contribution is 2.49. The maximum absolute atomic E-state index is 13.0. The fraction of sp³-hybridized carbons (Fsp3) is 0.824. The lowest BCUT2D eigenvalue weighted by molar-refractivity contribution is -0.150. The Morgan fingerprint density at radius 3 is 2.75 bits per heavy atom. The van der Waals surface area contributed by atoms with E-state index in [1.54, 1.807) is 21.6 Å². The summed E-state index contributed by atoms with van der Waals surface area (Å²) in [5.74, 6) is 0.353. The van der Waals surface area contributed by atoms with Crippen LogP contribution in [0, 0.1) is 17.3 Å². The fourth-order valence-corrected chi connectivity index (χ4v) is 5.49. The molecule has 4 atom stereocenters. The van der Waals surface area contributed by atoms with Crippen LogP contribution in [-0.2, 0) is 14.4 Å². The molecule has 2 amide bonds. The van der Waals surface area contributed by atoms with Crippen LogP contribution in [-0.4, -0.2) is 63.5 Å². The Morgan fingerprint density at radius 2 is 2.12 bits per heavy atom. The number of amides is 2. The van der Waals surface area contributed by atoms with Gasteiger partial charge in [0.1, 0.15) is 6.04 Å². The molecule has 1 aliphatic carbocycles. The third kappa shape index (κ3) is 2.70. The molecule has 0 aromatic carbocycles. The first-order valence-corrected chi connectivity index (χ1v) is 9.96. The Hall–Kier alpha value is -1.24. The van der Waals surface area contributed by atoms with Gasteiger partial charge in [0.2, 0.25) is 11.8 Å². The highest BCUT2D eigenvalue weighted by Gasteiger charge is 2.56. The molecule has 0 aromatic heterocycles. The molecule has 0 radical (unpaired) electrons. The van der Waals surface area contributed by atoms with Crippen LogP contribution in [0.1, 0.15) is 39.5 Å². The maximum atomic E-state index is 13.0. The van der Waals surface area contributed by atoms with Gasteiger partial charge in [-0.25, -0.2) is 0 Å². The zero-order valence-electron chi connectivity index (χ0n) is 14.4. The maximum Gasteiger partial charge on any atom is 0.311 e. The van der Waals surface area contributed by atoms with Crippen molar-refractivity contribution in [1.82, 2.24) is 9.80 Å². The van der Waals surface area contributed by atoms with Gasteiger partial charge < -0.3 is 14.9 Å². The third-order valence-corrected chi connectivity index (χ3v) is 7.10. The molecule has 2 saturated heterocycles. The van der Waals surface area contributed by atoms with Gasteiger partial charge in [-0.1, -0.05) is 20.3 Å². The number of carbonyl (C=O) groups is 3. The molecule has 1 saturated carbocycles. The van der Waals surface area contributed by atoms with Crippen LogP contribution in [0.25, 0.3) is 0 Å². The lowest BCUT2D eigenvalue weighted by Gasteiger charge is -2.30. The first kappa shape index (κ1) is 17.6. The lowest BCUT2D eigenvalue weighted by Crippen LogP contribution is -2.50. The van der Waals surface area contributed by atoms with Crippen LogP contribution < -0.4 is 0 Å². The van der Waals surface area contributed by atoms with E-state index < -0.39 is 17.4 Å². The normalized spacial score (nSPS) is 33.6. The van der Waals surface area contributed by atoms with Crippen LogP contribution in [0.15, 0.2) is 0 Å². The topological polar surface area (TPSA) is 77.9 Å². The number of thioether (sulfide) groups is 1. The van der Waals surface area contributed by atoms with Crippen LogP contribution in [0.2, 0.25) is 0 Å². The van der Waals surface area contributed by atoms with Crippen molar-refractivity contribution < 1.29 is 19.5 Å². The van der Waals surface area contributed by atoms with Crippen molar-refractivity contribution >= 4 is 29.5 Å². The molecule has 3 rings (SSSR count). The van der Waals surface area contributed by atoms with E-state index in [9.17, 15) is 19.5 Å². The van der Waals surface area contributed by atoms with E-state index in [4.69, 9.17) is 0 Å². The second kappa shape index (κ2) is 6.58. The minimum Gasteiger partial charge on any atom is -0.481 e. The fourth-order valence-electron chi connectivity index (χ4n) is 4.34. The first-order valence-electron chi connectivity index (χ1n) is 8.81. The number of nitrogens with zero attached hydrogens (tertiary/aromatic N) is 2. The summed E-state index contributed by atoms with van der Waals surface area (Å²) in [6.45, 7) is 4.70. The van der Waals surface area contributed by atoms with E-state index in [1.807, 2.05) is 13.8 Å². The molecule has 2 unspecified atom stereocenters. The summed E-state index contributed by atoms with van der Waals surface area (Å²) in [4.78, 5) is 40.7. The summed E-state index contributed by atoms with van der Waals surface area (Å²) in [6.07, 6.45) is 3.22. The lowest BCUT2D eigenvalue weighted by atomic mass is 9.81. The zero-order valence-corrected chi connectivity index (χ0v) is 15.2. The summed E-state index contributed by atoms with van der Waals surface area (Å²) in [6, 6.07) is -0.429. The average molecular weight is 354 g/mol. The van der Waals surface area contributed by atoms with Crippen molar-refractivity contribution in [2.24, 2.45) is 17.3 Å². The summed E-state index contributed by atoms with van der Waals surface area (Å²) in [5.41, 5.74) is -0.757. The highest BCUT2D eigenvalue weighted by atomic mass is 32.2. The number of carboxylic acids is 1. The van der Waals surface area contributed by atoms with E-state index in [2.05, 4.69) is 0 Å². The molecule has 3 aliphatic rings. The molecule has 1 N–H and O–H groups in total. The Labute approximate surface area is 146 Å². The number of aliphatic carboxylic acids is 1. The summed E-state index contributed by atoms with van der Waals surface area (Å²) < 4.78 is 0. The van der Waals surface area contributed by atoms with Crippen LogP contribution >= 0.6 is 11.8 Å². The van der Waals surface area contributed by atoms with Crippen molar-refractivity contribution in [2.45, 2.75) is 45.6 Å². The van der Waals surface area contributed by atoms with Gasteiger partial charge in [-0.05, 0) is 25.2 Å². The molecule has 2 aliphatic heterocycles. The zero-order chi connectivity index (χ0) is 17.5. The smallest absolute Gasteiger partial charge is 0.311 e. The quantitative estimate of drug-likeness (QED) is 0.830. The number of likely N-dealkylation sites (tertiary alicyclic amines) is 1. The first-order chi connectivity index (χ1) is 11.4. The van der Waals surface area contributed by atoms with Crippen molar-refractivity contribution in [3.05, 3.63) is 0 Å². The Kier molecular flexibility index (Phi) is 4.82. The van der Waals surface area contributed by atoms with Crippen LogP contribution in [0.4, 0.5) is 0 Å². The predicted molar refractivity (Wildman–Crippen MR) is 91.4 cm³/mol. The highest BCUT2D eigenvalue weighted by molar-refractivity contribution is 7.99. The van der Waals surface area contributed by atoms with Gasteiger partial charge in [0.05, 0.1) is 11.3 Å². The second-order valence-electron chi connectivity index (χ2n) is 7.40. The molecule has 134 valence electrons. The van der Waals surface area contributed by atoms with Crippen molar-refractivity contribution in [2.75, 3.05) is 24.7 Å². The van der Waals surface area contributed by atoms with Gasteiger partial charge in [-0.3, -0.25) is 14.4 Å². The Morgan fingerprint density at radius 1 is 1.38 bits per heavy atom. The summed E-state index contributed by atoms with van der Waals surface area (Å²) >= 11 is 1.60. The number of fused-ring (bicyclic) bond motifs is 1. The second-order valence-corrected chi connectivity index (χ2v) is 8.40. The summed E-state index contributed by atoms with van der Waals surface area (Å²) in [7, 11) is 0. The standard InChI is InChI=1S/C17H26N2O4S/c1-3-11(2)14(20)19-10-24-8-13(19)15(21)18-7-12-5-4-6-17(12,9-18)16(22)23/h11-13H,3-10H2,1-2H3,(H,22,23)/t11?,12-,13?,17+/m0/s1. The van der Waals surface area contributed by atoms with E-state index in [1.165, 1.54) is 0 Å². The van der Waals surface area contributed by atoms with Gasteiger partial charge in [0.15, 0.2) is 0 Å². The number of rotatable bonds is 4. The van der Waals surface area contributed by atoms with Crippen molar-refractivity contribution in [3.63, 3.8) is 0 Å². The van der Waals surface area contributed by atoms with Crippen LogP contribution in [0.3, 0.4) is 0 Å². The van der Waals surface area contributed by atoms with E-state index in [-0.39, 0.29) is 23.7 Å². The van der Waals surface area contributed by atoms with Gasteiger partial charge in [0.25, 0.3) is 0 Å². The molecule has 24 heavy (non-hydrogen) atoms. The van der Waals surface area contributed by atoms with Gasteiger partial charge in [-0.15, -0.1) is 11.8 Å². The average Bonchev–Trinajstić information content (AvgIpc) is 3.25. The van der Waals surface area contributed by atoms with Crippen LogP contribution in [0.5, 0.6) is 0 Å². The molecule has 0 spiro atoms. The predicted octanol–water partition coefficient (Wildman–Crippen LogP) is 1.65. The van der Waals surface area contributed by atoms with E-state index >= 15 is 0 Å². The minimum absolute atomic E-state index is 0.0354. The number of hydrogen-bond acceptors (Lipinski definition) is 4. The molecule has 7 heteroatoms. The van der Waals surface area contributed by atoms with Gasteiger partial charge in [-0.2, -0.15) is 0 Å². The number of carboxylic acid groups (broad SMARTS) is 1. The largest absolute Gasteiger partial charge is 0.481 e. The molecule has 0 bridgehead atoms. The Balaban J connectivity index is 1.73. The number of hydrogen-bond donors (Lipinski definition) is 1. The third-order valence-electron chi connectivity index (χ3n) is 6.09. The SMILES string of the molecule is CCC(C)C(=O)N1CSCC1C(=O)N1C[C@@H]2CCC[C@@]2(C(=O)O)C1. The van der Waals surface area contributed by atoms with Crippen molar-refractivity contribution in [1.29, 1.82) is 0 Å². The summed E-state index contributed by atoms with van der Waals surface area (Å²) in [5, 5.41) is 9.68. The van der Waals surface area contributed by atoms with E-state index in [0.29, 0.717) is 31.1 Å². The molecule has 0 aromatic rings. The number of carbonyl (C=O) groups excluding carboxylic acids is 2. The molecular weight excluding hydrogens is 328 g/mol. The van der Waals surface area contributed by atoms with Gasteiger partial charge in [0, 0.05) is 24.8 Å². The molecule has 2 heterocycles. The molecule has 3 fully saturated rings. The minimum atomic E-state index is -0.770. The molecule has 6 nitrogen and oxygen atoms in total. The molecular formula is C17H26N2O4S. The van der Waals surface area contributed by atoms with E-state index in [0.717, 1.165) is 19.3 Å². The Bertz CT molecular complexity index is 555.